The van der Waals surface area contributed by atoms with Gasteiger partial charge < -0.3 is 10.8 Å². The fourth-order valence-electron chi connectivity index (χ4n) is 1.74. The number of benzene rings is 1. The second-order valence-corrected chi connectivity index (χ2v) is 4.59. The van der Waals surface area contributed by atoms with Crippen molar-refractivity contribution in [2.75, 3.05) is 0 Å². The van der Waals surface area contributed by atoms with Gasteiger partial charge in [-0.1, -0.05) is 44.1 Å². The molecule has 0 radical (unpaired) electrons. The molecule has 0 saturated carbocycles. The maximum Gasteiger partial charge on any atom is 0.123 e. The van der Waals surface area contributed by atoms with Crippen LogP contribution < -0.4 is 5.73 Å². The van der Waals surface area contributed by atoms with Crippen LogP contribution in [0.1, 0.15) is 31.7 Å². The third kappa shape index (κ3) is 5.94. The molecule has 3 N–H and O–H groups in total. The van der Waals surface area contributed by atoms with Gasteiger partial charge in [-0.2, -0.15) is 0 Å². The van der Waals surface area contributed by atoms with Crippen molar-refractivity contribution >= 4 is 0 Å². The molecule has 1 aromatic rings. The standard InChI is InChI=1S/C15H22FNO/c1-2-3-4-14(17)9-10-15(18)11-12-5-7-13(16)8-6-12/h5-10,14-15,18H,2-4,11,17H2,1H3/b10-9+/t14-,15-/m1/s1. The van der Waals surface area contributed by atoms with Gasteiger partial charge in [-0.15, -0.1) is 0 Å². The van der Waals surface area contributed by atoms with Gasteiger partial charge in [0.2, 0.25) is 0 Å². The molecule has 0 aliphatic carbocycles. The Bertz CT molecular complexity index is 361. The van der Waals surface area contributed by atoms with Crippen molar-refractivity contribution in [1.82, 2.24) is 0 Å². The highest BCUT2D eigenvalue weighted by Crippen LogP contribution is 2.07. The van der Waals surface area contributed by atoms with E-state index in [2.05, 4.69) is 6.92 Å². The lowest BCUT2D eigenvalue weighted by Gasteiger charge is -2.08. The minimum Gasteiger partial charge on any atom is -0.389 e. The Balaban J connectivity index is 2.38. The lowest BCUT2D eigenvalue weighted by atomic mass is 10.1. The monoisotopic (exact) mass is 251 g/mol. The van der Waals surface area contributed by atoms with Crippen molar-refractivity contribution in [1.29, 1.82) is 0 Å². The number of halogens is 1. The molecule has 0 aliphatic heterocycles. The van der Waals surface area contributed by atoms with Gasteiger partial charge in [-0.25, -0.2) is 4.39 Å². The number of hydrogen-bond donors (Lipinski definition) is 2. The number of rotatable bonds is 7. The first-order valence-corrected chi connectivity index (χ1v) is 6.48. The summed E-state index contributed by atoms with van der Waals surface area (Å²) in [6.45, 7) is 2.12. The van der Waals surface area contributed by atoms with Crippen LogP contribution in [0.15, 0.2) is 36.4 Å². The summed E-state index contributed by atoms with van der Waals surface area (Å²) in [6, 6.07) is 6.18. The van der Waals surface area contributed by atoms with E-state index in [9.17, 15) is 9.50 Å². The molecule has 100 valence electrons. The Morgan fingerprint density at radius 3 is 2.56 bits per heavy atom. The van der Waals surface area contributed by atoms with Crippen molar-refractivity contribution < 1.29 is 9.50 Å². The molecule has 2 nitrogen and oxygen atoms in total. The molecule has 0 aliphatic rings. The fraction of sp³-hybridized carbons (Fsp3) is 0.467. The Hall–Kier alpha value is -1.19. The van der Waals surface area contributed by atoms with Gasteiger partial charge in [0.1, 0.15) is 5.82 Å². The first kappa shape index (κ1) is 14.9. The molecule has 0 amide bonds. The summed E-state index contributed by atoms with van der Waals surface area (Å²) in [5.41, 5.74) is 6.79. The third-order valence-corrected chi connectivity index (χ3v) is 2.83. The molecule has 18 heavy (non-hydrogen) atoms. The van der Waals surface area contributed by atoms with Crippen LogP contribution in [-0.4, -0.2) is 17.3 Å². The zero-order valence-corrected chi connectivity index (χ0v) is 10.8. The van der Waals surface area contributed by atoms with Crippen LogP contribution in [0.2, 0.25) is 0 Å². The minimum absolute atomic E-state index is 0.00724. The zero-order valence-electron chi connectivity index (χ0n) is 10.8. The van der Waals surface area contributed by atoms with Crippen LogP contribution in [-0.2, 0) is 6.42 Å². The first-order valence-electron chi connectivity index (χ1n) is 6.48. The number of nitrogens with two attached hydrogens (primary N) is 1. The van der Waals surface area contributed by atoms with Crippen LogP contribution >= 0.6 is 0 Å². The van der Waals surface area contributed by atoms with E-state index in [1.54, 1.807) is 18.2 Å². The number of aliphatic hydroxyl groups excluding tert-OH is 1. The summed E-state index contributed by atoms with van der Waals surface area (Å²) in [4.78, 5) is 0. The Kier molecular flexibility index (Phi) is 6.61. The second-order valence-electron chi connectivity index (χ2n) is 4.59. The van der Waals surface area contributed by atoms with Crippen LogP contribution in [0, 0.1) is 5.82 Å². The van der Waals surface area contributed by atoms with Crippen LogP contribution in [0.4, 0.5) is 4.39 Å². The molecule has 0 bridgehead atoms. The number of hydrogen-bond acceptors (Lipinski definition) is 2. The number of unbranched alkanes of at least 4 members (excludes halogenated alkanes) is 1. The van der Waals surface area contributed by atoms with Crippen molar-refractivity contribution in [3.63, 3.8) is 0 Å². The van der Waals surface area contributed by atoms with Crippen molar-refractivity contribution in [2.24, 2.45) is 5.73 Å². The summed E-state index contributed by atoms with van der Waals surface area (Å²) < 4.78 is 12.7. The third-order valence-electron chi connectivity index (χ3n) is 2.83. The fourth-order valence-corrected chi connectivity index (χ4v) is 1.74. The van der Waals surface area contributed by atoms with Gasteiger partial charge >= 0.3 is 0 Å². The van der Waals surface area contributed by atoms with Crippen molar-refractivity contribution in [3.8, 4) is 0 Å². The topological polar surface area (TPSA) is 46.2 Å². The molecule has 0 aromatic heterocycles. The highest BCUT2D eigenvalue weighted by molar-refractivity contribution is 5.18. The van der Waals surface area contributed by atoms with Crippen molar-refractivity contribution in [3.05, 3.63) is 47.8 Å². The van der Waals surface area contributed by atoms with E-state index >= 15 is 0 Å². The molecule has 0 unspecified atom stereocenters. The molecule has 1 rings (SSSR count). The van der Waals surface area contributed by atoms with E-state index in [0.717, 1.165) is 24.8 Å². The molecule has 0 saturated heterocycles. The molecule has 3 heteroatoms. The van der Waals surface area contributed by atoms with E-state index in [1.807, 2.05) is 6.08 Å². The largest absolute Gasteiger partial charge is 0.389 e. The molecule has 2 atom stereocenters. The summed E-state index contributed by atoms with van der Waals surface area (Å²) in [5.74, 6) is -0.259. The van der Waals surface area contributed by atoms with Crippen LogP contribution in [0.3, 0.4) is 0 Å². The van der Waals surface area contributed by atoms with Gasteiger partial charge in [0.05, 0.1) is 6.10 Å². The van der Waals surface area contributed by atoms with Crippen LogP contribution in [0.25, 0.3) is 0 Å². The molecule has 0 spiro atoms. The molecular formula is C15H22FNO. The Morgan fingerprint density at radius 1 is 1.28 bits per heavy atom. The predicted molar refractivity (Wildman–Crippen MR) is 72.8 cm³/mol. The summed E-state index contributed by atoms with van der Waals surface area (Å²) in [7, 11) is 0. The van der Waals surface area contributed by atoms with E-state index < -0.39 is 6.10 Å². The smallest absolute Gasteiger partial charge is 0.123 e. The van der Waals surface area contributed by atoms with Gasteiger partial charge in [0.15, 0.2) is 0 Å². The summed E-state index contributed by atoms with van der Waals surface area (Å²) in [5, 5.41) is 9.81. The second kappa shape index (κ2) is 8.01. The molecular weight excluding hydrogens is 229 g/mol. The minimum atomic E-state index is -0.567. The Labute approximate surface area is 108 Å². The average Bonchev–Trinajstić information content (AvgIpc) is 2.36. The van der Waals surface area contributed by atoms with Gasteiger partial charge in [0, 0.05) is 12.5 Å². The maximum absolute atomic E-state index is 12.7. The van der Waals surface area contributed by atoms with Gasteiger partial charge in [-0.05, 0) is 24.1 Å². The average molecular weight is 251 g/mol. The Morgan fingerprint density at radius 2 is 1.94 bits per heavy atom. The predicted octanol–water partition coefficient (Wildman–Crippen LogP) is 2.80. The molecule has 0 heterocycles. The van der Waals surface area contributed by atoms with E-state index in [-0.39, 0.29) is 11.9 Å². The summed E-state index contributed by atoms with van der Waals surface area (Å²) >= 11 is 0. The molecule has 1 aromatic carbocycles. The van der Waals surface area contributed by atoms with E-state index in [0.29, 0.717) is 6.42 Å². The highest BCUT2D eigenvalue weighted by atomic mass is 19.1. The lowest BCUT2D eigenvalue weighted by Crippen LogP contribution is -2.18. The maximum atomic E-state index is 12.7. The quantitative estimate of drug-likeness (QED) is 0.732. The van der Waals surface area contributed by atoms with Crippen molar-refractivity contribution in [2.45, 2.75) is 44.8 Å². The SMILES string of the molecule is CCCC[C@@H](N)/C=C/[C@@H](O)Cc1ccc(F)cc1. The molecule has 0 fully saturated rings. The highest BCUT2D eigenvalue weighted by Gasteiger charge is 2.03. The normalized spacial score (nSPS) is 14.9. The van der Waals surface area contributed by atoms with Gasteiger partial charge in [-0.3, -0.25) is 0 Å². The van der Waals surface area contributed by atoms with E-state index in [1.165, 1.54) is 12.1 Å². The van der Waals surface area contributed by atoms with Crippen LogP contribution in [0.5, 0.6) is 0 Å². The van der Waals surface area contributed by atoms with Gasteiger partial charge in [0.25, 0.3) is 0 Å². The first-order chi connectivity index (χ1) is 8.61. The zero-order chi connectivity index (χ0) is 13.4. The number of aliphatic hydroxyl groups is 1. The van der Waals surface area contributed by atoms with E-state index in [4.69, 9.17) is 5.73 Å². The lowest BCUT2D eigenvalue weighted by molar-refractivity contribution is 0.223. The summed E-state index contributed by atoms with van der Waals surface area (Å²) in [6.07, 6.45) is 6.66.